The molecule has 2 atom stereocenters. The van der Waals surface area contributed by atoms with Gasteiger partial charge < -0.3 is 15.3 Å². The van der Waals surface area contributed by atoms with Gasteiger partial charge in [0.2, 0.25) is 0 Å². The van der Waals surface area contributed by atoms with Gasteiger partial charge in [-0.2, -0.15) is 0 Å². The maximum Gasteiger partial charge on any atom is 0.125 e. The predicted octanol–water partition coefficient (Wildman–Crippen LogP) is 7.10. The minimum absolute atomic E-state index is 0.0209. The monoisotopic (exact) mass is 461 g/mol. The number of aliphatic hydroxyl groups excluding tert-OH is 1. The fourth-order valence-electron chi connectivity index (χ4n) is 3.75. The average molecular weight is 462 g/mol. The molecule has 34 heavy (non-hydrogen) atoms. The third-order valence-corrected chi connectivity index (χ3v) is 5.55. The standard InChI is InChI=1S/C29H36FN3O/c1-21(2)26(27(31-5)14-10-11-22(3)17-23(4)34)20-33(6)29-18-25(30)15-16-28(29)32-19-24-12-8-7-9-13-24/h7-10,12-18,26-27,32,34H,1,3,5,11,19-20H2,2,4,6H3/b14-10+,23-17+. The Bertz CT molecular complexity index is 1040. The molecule has 2 aromatic carbocycles. The Balaban J connectivity index is 2.17. The molecule has 2 N–H and O–H groups in total. The van der Waals surface area contributed by atoms with Crippen LogP contribution in [0.3, 0.4) is 0 Å². The Morgan fingerprint density at radius 1 is 1.18 bits per heavy atom. The van der Waals surface area contributed by atoms with Gasteiger partial charge in [0.1, 0.15) is 5.82 Å². The van der Waals surface area contributed by atoms with Crippen LogP contribution in [-0.2, 0) is 6.54 Å². The first-order valence-corrected chi connectivity index (χ1v) is 11.3. The van der Waals surface area contributed by atoms with Gasteiger partial charge in [-0.1, -0.05) is 61.2 Å². The quantitative estimate of drug-likeness (QED) is 0.145. The molecule has 0 spiro atoms. The van der Waals surface area contributed by atoms with Crippen LogP contribution in [-0.4, -0.2) is 31.5 Å². The molecule has 2 rings (SSSR count). The maximum absolute atomic E-state index is 14.2. The summed E-state index contributed by atoms with van der Waals surface area (Å²) in [7, 11) is 1.94. The van der Waals surface area contributed by atoms with Crippen LogP contribution in [0.15, 0.2) is 102 Å². The van der Waals surface area contributed by atoms with Gasteiger partial charge in [0.15, 0.2) is 0 Å². The first-order valence-electron chi connectivity index (χ1n) is 11.3. The summed E-state index contributed by atoms with van der Waals surface area (Å²) < 4.78 is 14.2. The summed E-state index contributed by atoms with van der Waals surface area (Å²) in [4.78, 5) is 6.35. The lowest BCUT2D eigenvalue weighted by Gasteiger charge is -2.30. The van der Waals surface area contributed by atoms with E-state index in [1.54, 1.807) is 25.1 Å². The summed E-state index contributed by atoms with van der Waals surface area (Å²) in [6.45, 7) is 16.7. The number of halogens is 1. The molecule has 0 aliphatic carbocycles. The molecular weight excluding hydrogens is 425 g/mol. The number of hydrogen-bond donors (Lipinski definition) is 2. The highest BCUT2D eigenvalue weighted by molar-refractivity contribution is 5.70. The van der Waals surface area contributed by atoms with Crippen molar-refractivity contribution >= 4 is 18.1 Å². The number of aliphatic hydroxyl groups is 1. The minimum Gasteiger partial charge on any atom is -0.513 e. The Hall–Kier alpha value is -3.60. The molecule has 5 heteroatoms. The topological polar surface area (TPSA) is 47.9 Å². The second kappa shape index (κ2) is 13.2. The average Bonchev–Trinajstić information content (AvgIpc) is 2.79. The molecule has 0 saturated heterocycles. The minimum atomic E-state index is -0.289. The summed E-state index contributed by atoms with van der Waals surface area (Å²) in [5.74, 6) is -0.0830. The summed E-state index contributed by atoms with van der Waals surface area (Å²) in [5, 5.41) is 12.8. The molecule has 0 aromatic heterocycles. The van der Waals surface area contributed by atoms with Crippen molar-refractivity contribution in [3.8, 4) is 0 Å². The molecule has 2 aromatic rings. The number of aliphatic imine (C=N–C) groups is 1. The van der Waals surface area contributed by atoms with Crippen LogP contribution >= 0.6 is 0 Å². The Kier molecular flexibility index (Phi) is 10.3. The highest BCUT2D eigenvalue weighted by atomic mass is 19.1. The molecule has 180 valence electrons. The zero-order chi connectivity index (χ0) is 25.1. The largest absolute Gasteiger partial charge is 0.513 e. The lowest BCUT2D eigenvalue weighted by Crippen LogP contribution is -2.32. The van der Waals surface area contributed by atoms with Crippen molar-refractivity contribution in [3.63, 3.8) is 0 Å². The number of anilines is 2. The molecular formula is C29H36FN3O. The van der Waals surface area contributed by atoms with Gasteiger partial charge in [-0.15, -0.1) is 0 Å². The van der Waals surface area contributed by atoms with Crippen molar-refractivity contribution in [2.45, 2.75) is 32.9 Å². The van der Waals surface area contributed by atoms with E-state index in [2.05, 4.69) is 42.3 Å². The second-order valence-electron chi connectivity index (χ2n) is 8.58. The van der Waals surface area contributed by atoms with Gasteiger partial charge in [-0.3, -0.25) is 4.99 Å². The van der Waals surface area contributed by atoms with E-state index in [1.807, 2.05) is 49.2 Å². The SMILES string of the molecule is C=NC(/C=C/CC(=C)/C=C(\C)O)C(CN(C)c1cc(F)ccc1NCc1ccccc1)C(=C)C. The van der Waals surface area contributed by atoms with Gasteiger partial charge in [-0.05, 0) is 62.4 Å². The molecule has 4 nitrogen and oxygen atoms in total. The number of rotatable bonds is 13. The van der Waals surface area contributed by atoms with Crippen molar-refractivity contribution in [2.75, 3.05) is 23.8 Å². The summed E-state index contributed by atoms with van der Waals surface area (Å²) in [5.41, 5.74) is 4.54. The highest BCUT2D eigenvalue weighted by Gasteiger charge is 2.22. The van der Waals surface area contributed by atoms with Crippen LogP contribution in [0, 0.1) is 11.7 Å². The van der Waals surface area contributed by atoms with Gasteiger partial charge in [0.25, 0.3) is 0 Å². The number of nitrogens with zero attached hydrogens (tertiary/aromatic N) is 2. The molecule has 2 unspecified atom stereocenters. The van der Waals surface area contributed by atoms with E-state index < -0.39 is 0 Å². The number of nitrogens with one attached hydrogen (secondary N) is 1. The Morgan fingerprint density at radius 2 is 1.88 bits per heavy atom. The van der Waals surface area contributed by atoms with Crippen LogP contribution in [0.5, 0.6) is 0 Å². The molecule has 0 aliphatic heterocycles. The lowest BCUT2D eigenvalue weighted by atomic mass is 9.92. The normalized spacial score (nSPS) is 13.4. The molecule has 0 heterocycles. The van der Waals surface area contributed by atoms with E-state index in [1.165, 1.54) is 6.07 Å². The van der Waals surface area contributed by atoms with Crippen molar-refractivity contribution in [1.82, 2.24) is 0 Å². The summed E-state index contributed by atoms with van der Waals surface area (Å²) in [6, 6.07) is 14.7. The third-order valence-electron chi connectivity index (χ3n) is 5.55. The van der Waals surface area contributed by atoms with Crippen molar-refractivity contribution in [3.05, 3.63) is 108 Å². The molecule has 0 radical (unpaired) electrons. The van der Waals surface area contributed by atoms with E-state index in [4.69, 9.17) is 0 Å². The summed E-state index contributed by atoms with van der Waals surface area (Å²) >= 11 is 0. The number of hydrogen-bond acceptors (Lipinski definition) is 4. The van der Waals surface area contributed by atoms with Crippen molar-refractivity contribution in [2.24, 2.45) is 10.9 Å². The van der Waals surface area contributed by atoms with E-state index in [0.717, 1.165) is 28.1 Å². The van der Waals surface area contributed by atoms with Crippen molar-refractivity contribution < 1.29 is 9.50 Å². The van der Waals surface area contributed by atoms with Gasteiger partial charge in [0.05, 0.1) is 23.2 Å². The molecule has 0 saturated carbocycles. The lowest BCUT2D eigenvalue weighted by molar-refractivity contribution is 0.414. The zero-order valence-corrected chi connectivity index (χ0v) is 20.5. The zero-order valence-electron chi connectivity index (χ0n) is 20.5. The first-order chi connectivity index (χ1) is 16.2. The maximum atomic E-state index is 14.2. The van der Waals surface area contributed by atoms with Crippen molar-refractivity contribution in [1.29, 1.82) is 0 Å². The molecule has 0 fully saturated rings. The van der Waals surface area contributed by atoms with E-state index >= 15 is 0 Å². The second-order valence-corrected chi connectivity index (χ2v) is 8.58. The smallest absolute Gasteiger partial charge is 0.125 e. The van der Waals surface area contributed by atoms with Crippen LogP contribution in [0.1, 0.15) is 25.8 Å². The van der Waals surface area contributed by atoms with E-state index in [-0.39, 0.29) is 23.5 Å². The fourth-order valence-corrected chi connectivity index (χ4v) is 3.75. The van der Waals surface area contributed by atoms with Crippen LogP contribution in [0.4, 0.5) is 15.8 Å². The molecule has 0 aliphatic rings. The van der Waals surface area contributed by atoms with Crippen LogP contribution in [0.25, 0.3) is 0 Å². The highest BCUT2D eigenvalue weighted by Crippen LogP contribution is 2.29. The van der Waals surface area contributed by atoms with Gasteiger partial charge in [0, 0.05) is 26.1 Å². The summed E-state index contributed by atoms with van der Waals surface area (Å²) in [6.07, 6.45) is 6.21. The molecule has 0 amide bonds. The molecule has 0 bridgehead atoms. The van der Waals surface area contributed by atoms with Crippen LogP contribution in [0.2, 0.25) is 0 Å². The fraction of sp³-hybridized carbons (Fsp3) is 0.276. The van der Waals surface area contributed by atoms with E-state index in [0.29, 0.717) is 19.5 Å². The van der Waals surface area contributed by atoms with Crippen LogP contribution < -0.4 is 10.2 Å². The predicted molar refractivity (Wildman–Crippen MR) is 144 cm³/mol. The van der Waals surface area contributed by atoms with Gasteiger partial charge in [-0.25, -0.2) is 4.39 Å². The Labute approximate surface area is 203 Å². The first kappa shape index (κ1) is 26.7. The third kappa shape index (κ3) is 8.39. The van der Waals surface area contributed by atoms with E-state index in [9.17, 15) is 9.50 Å². The Morgan fingerprint density at radius 3 is 2.50 bits per heavy atom. The van der Waals surface area contributed by atoms with Gasteiger partial charge >= 0.3 is 0 Å². The number of benzene rings is 2. The number of allylic oxidation sites excluding steroid dienone is 4.